The molecule has 3 rings (SSSR count). The van der Waals surface area contributed by atoms with Gasteiger partial charge in [0.1, 0.15) is 11.7 Å². The Bertz CT molecular complexity index is 482. The van der Waals surface area contributed by atoms with Crippen LogP contribution in [0.2, 0.25) is 0 Å². The van der Waals surface area contributed by atoms with Crippen molar-refractivity contribution in [3.05, 3.63) is 24.3 Å². The van der Waals surface area contributed by atoms with Crippen molar-refractivity contribution < 1.29 is 14.7 Å². The maximum Gasteiger partial charge on any atom is 0.326 e. The first-order valence-corrected chi connectivity index (χ1v) is 5.50. The first-order valence-electron chi connectivity index (χ1n) is 5.50. The summed E-state index contributed by atoms with van der Waals surface area (Å²) in [6, 6.07) is -0.612. The highest BCUT2D eigenvalue weighted by Crippen LogP contribution is 2.48. The summed E-state index contributed by atoms with van der Waals surface area (Å²) in [6.07, 6.45) is 5.76. The van der Waals surface area contributed by atoms with Gasteiger partial charge in [-0.25, -0.2) is 9.78 Å². The zero-order chi connectivity index (χ0) is 12.0. The Morgan fingerprint density at radius 3 is 2.72 bits per heavy atom. The highest BCUT2D eigenvalue weighted by Gasteiger charge is 2.56. The molecule has 1 aliphatic heterocycles. The Morgan fingerprint density at radius 2 is 2.11 bits per heavy atom. The SMILES string of the molecule is Cl.O=C(O)[C@@H]1C[C@@H]2C[C@@H]2N1C(=O)c1cnccn1. The van der Waals surface area contributed by atoms with Gasteiger partial charge in [0.05, 0.1) is 6.20 Å². The van der Waals surface area contributed by atoms with Crippen LogP contribution in [0.15, 0.2) is 18.6 Å². The number of aliphatic carboxylic acids is 1. The van der Waals surface area contributed by atoms with E-state index in [9.17, 15) is 9.59 Å². The lowest BCUT2D eigenvalue weighted by Gasteiger charge is -2.23. The van der Waals surface area contributed by atoms with E-state index in [-0.39, 0.29) is 30.0 Å². The van der Waals surface area contributed by atoms with E-state index in [0.717, 1.165) is 6.42 Å². The molecular weight excluding hydrogens is 258 g/mol. The number of carbonyl (C=O) groups is 2. The molecule has 1 aliphatic carbocycles. The highest BCUT2D eigenvalue weighted by atomic mass is 35.5. The third kappa shape index (κ3) is 1.92. The molecule has 1 aromatic heterocycles. The van der Waals surface area contributed by atoms with Crippen LogP contribution in [0.4, 0.5) is 0 Å². The Labute approximate surface area is 109 Å². The predicted molar refractivity (Wildman–Crippen MR) is 63.4 cm³/mol. The van der Waals surface area contributed by atoms with Crippen LogP contribution >= 0.6 is 12.4 Å². The van der Waals surface area contributed by atoms with Crippen LogP contribution in [0.25, 0.3) is 0 Å². The van der Waals surface area contributed by atoms with Crippen molar-refractivity contribution in [2.45, 2.75) is 24.9 Å². The highest BCUT2D eigenvalue weighted by molar-refractivity contribution is 5.95. The summed E-state index contributed by atoms with van der Waals surface area (Å²) >= 11 is 0. The van der Waals surface area contributed by atoms with Crippen molar-refractivity contribution in [2.24, 2.45) is 5.92 Å². The number of halogens is 1. The van der Waals surface area contributed by atoms with Gasteiger partial charge in [0.2, 0.25) is 0 Å². The van der Waals surface area contributed by atoms with E-state index in [4.69, 9.17) is 5.11 Å². The molecular formula is C11H12ClN3O3. The van der Waals surface area contributed by atoms with Gasteiger partial charge in [0, 0.05) is 18.4 Å². The average molecular weight is 270 g/mol. The molecule has 1 amide bonds. The summed E-state index contributed by atoms with van der Waals surface area (Å²) in [5.41, 5.74) is 0.214. The fourth-order valence-electron chi connectivity index (χ4n) is 2.51. The van der Waals surface area contributed by atoms with E-state index < -0.39 is 12.0 Å². The molecule has 1 saturated heterocycles. The molecule has 1 aromatic rings. The molecule has 6 nitrogen and oxygen atoms in total. The van der Waals surface area contributed by atoms with Crippen LogP contribution in [-0.2, 0) is 4.79 Å². The van der Waals surface area contributed by atoms with Gasteiger partial charge in [-0.05, 0) is 18.8 Å². The van der Waals surface area contributed by atoms with Crippen LogP contribution < -0.4 is 0 Å². The number of piperidine rings is 1. The molecule has 2 aliphatic rings. The lowest BCUT2D eigenvalue weighted by atomic mass is 10.1. The zero-order valence-corrected chi connectivity index (χ0v) is 10.2. The minimum Gasteiger partial charge on any atom is -0.480 e. The standard InChI is InChI=1S/C11H11N3O3.ClH/c15-10(7-5-12-1-2-13-7)14-8-3-6(8)4-9(14)11(16)17;/h1-2,5-6,8-9H,3-4H2,(H,16,17);1H/t6-,8-,9-;/m0./s1. The molecule has 2 fully saturated rings. The van der Waals surface area contributed by atoms with Gasteiger partial charge in [-0.1, -0.05) is 0 Å². The minimum atomic E-state index is -0.936. The Balaban J connectivity index is 0.00000120. The summed E-state index contributed by atoms with van der Waals surface area (Å²) < 4.78 is 0. The summed E-state index contributed by atoms with van der Waals surface area (Å²) in [7, 11) is 0. The first-order chi connectivity index (χ1) is 8.18. The number of rotatable bonds is 2. The van der Waals surface area contributed by atoms with E-state index in [1.54, 1.807) is 0 Å². The Hall–Kier alpha value is -1.69. The van der Waals surface area contributed by atoms with Crippen molar-refractivity contribution >= 4 is 24.3 Å². The summed E-state index contributed by atoms with van der Waals surface area (Å²) in [6.45, 7) is 0. The van der Waals surface area contributed by atoms with Crippen molar-refractivity contribution in [3.8, 4) is 0 Å². The van der Waals surface area contributed by atoms with Crippen LogP contribution in [0.5, 0.6) is 0 Å². The van der Waals surface area contributed by atoms with Gasteiger partial charge >= 0.3 is 5.97 Å². The van der Waals surface area contributed by atoms with Gasteiger partial charge in [-0.15, -0.1) is 12.4 Å². The lowest BCUT2D eigenvalue weighted by Crippen LogP contribution is -2.43. The van der Waals surface area contributed by atoms with Crippen LogP contribution in [0, 0.1) is 5.92 Å². The van der Waals surface area contributed by atoms with E-state index in [2.05, 4.69) is 9.97 Å². The first kappa shape index (κ1) is 12.8. The number of carbonyl (C=O) groups excluding carboxylic acids is 1. The van der Waals surface area contributed by atoms with Crippen molar-refractivity contribution in [1.82, 2.24) is 14.9 Å². The number of nitrogens with zero attached hydrogens (tertiary/aromatic N) is 3. The number of aromatic nitrogens is 2. The van der Waals surface area contributed by atoms with E-state index in [0.29, 0.717) is 12.3 Å². The van der Waals surface area contributed by atoms with Crippen molar-refractivity contribution in [3.63, 3.8) is 0 Å². The number of fused-ring (bicyclic) bond motifs is 1. The summed E-state index contributed by atoms with van der Waals surface area (Å²) in [4.78, 5) is 32.4. The van der Waals surface area contributed by atoms with Gasteiger partial charge in [0.15, 0.2) is 0 Å². The quantitative estimate of drug-likeness (QED) is 0.849. The van der Waals surface area contributed by atoms with E-state index >= 15 is 0 Å². The smallest absolute Gasteiger partial charge is 0.326 e. The third-order valence-electron chi connectivity index (χ3n) is 3.41. The van der Waals surface area contributed by atoms with Crippen LogP contribution in [0.1, 0.15) is 23.3 Å². The molecule has 1 saturated carbocycles. The third-order valence-corrected chi connectivity index (χ3v) is 3.41. The largest absolute Gasteiger partial charge is 0.480 e. The number of hydrogen-bond donors (Lipinski definition) is 1. The topological polar surface area (TPSA) is 83.4 Å². The fourth-order valence-corrected chi connectivity index (χ4v) is 2.51. The second-order valence-electron chi connectivity index (χ2n) is 4.46. The summed E-state index contributed by atoms with van der Waals surface area (Å²) in [5.74, 6) is -0.901. The van der Waals surface area contributed by atoms with Gasteiger partial charge < -0.3 is 10.0 Å². The predicted octanol–water partition coefficient (Wildman–Crippen LogP) is 0.586. The molecule has 0 unspecified atom stereocenters. The van der Waals surface area contributed by atoms with Crippen LogP contribution in [-0.4, -0.2) is 43.9 Å². The number of carboxylic acids is 1. The van der Waals surface area contributed by atoms with E-state index in [1.807, 2.05) is 0 Å². The Kier molecular flexibility index (Phi) is 3.21. The molecule has 0 radical (unpaired) electrons. The molecule has 0 aromatic carbocycles. The maximum atomic E-state index is 12.2. The molecule has 0 bridgehead atoms. The van der Waals surface area contributed by atoms with Crippen molar-refractivity contribution in [2.75, 3.05) is 0 Å². The van der Waals surface area contributed by atoms with Gasteiger partial charge in [-0.2, -0.15) is 0 Å². The lowest BCUT2D eigenvalue weighted by molar-refractivity contribution is -0.141. The van der Waals surface area contributed by atoms with Crippen molar-refractivity contribution in [1.29, 1.82) is 0 Å². The molecule has 1 N–H and O–H groups in total. The van der Waals surface area contributed by atoms with Gasteiger partial charge in [0.25, 0.3) is 5.91 Å². The number of likely N-dealkylation sites (tertiary alicyclic amines) is 1. The second kappa shape index (κ2) is 4.53. The molecule has 96 valence electrons. The second-order valence-corrected chi connectivity index (χ2v) is 4.46. The minimum absolute atomic E-state index is 0. The fraction of sp³-hybridized carbons (Fsp3) is 0.455. The zero-order valence-electron chi connectivity index (χ0n) is 9.39. The monoisotopic (exact) mass is 269 g/mol. The molecule has 3 atom stereocenters. The van der Waals surface area contributed by atoms with Gasteiger partial charge in [-0.3, -0.25) is 9.78 Å². The average Bonchev–Trinajstić information content (AvgIpc) is 3.00. The van der Waals surface area contributed by atoms with Crippen LogP contribution in [0.3, 0.4) is 0 Å². The number of hydrogen-bond acceptors (Lipinski definition) is 4. The molecule has 0 spiro atoms. The number of carboxylic acid groups (broad SMARTS) is 1. The molecule has 2 heterocycles. The normalized spacial score (nSPS) is 28.2. The summed E-state index contributed by atoms with van der Waals surface area (Å²) in [5, 5.41) is 9.09. The van der Waals surface area contributed by atoms with E-state index in [1.165, 1.54) is 23.5 Å². The molecule has 7 heteroatoms. The molecule has 18 heavy (non-hydrogen) atoms. The Morgan fingerprint density at radius 1 is 1.33 bits per heavy atom. The number of amides is 1. The maximum absolute atomic E-state index is 12.2.